The zero-order valence-corrected chi connectivity index (χ0v) is 11.8. The third kappa shape index (κ3) is 1.82. The van der Waals surface area contributed by atoms with Crippen molar-refractivity contribution < 1.29 is 0 Å². The molecule has 20 heavy (non-hydrogen) atoms. The fourth-order valence-corrected chi connectivity index (χ4v) is 3.67. The minimum absolute atomic E-state index is 0.475. The predicted molar refractivity (Wildman–Crippen MR) is 76.7 cm³/mol. The van der Waals surface area contributed by atoms with Gasteiger partial charge in [0, 0.05) is 30.4 Å². The van der Waals surface area contributed by atoms with Crippen molar-refractivity contribution in [1.29, 1.82) is 0 Å². The Morgan fingerprint density at radius 3 is 3.05 bits per heavy atom. The van der Waals surface area contributed by atoms with E-state index < -0.39 is 0 Å². The molecule has 1 N–H and O–H groups in total. The highest BCUT2D eigenvalue weighted by molar-refractivity contribution is 7.16. The van der Waals surface area contributed by atoms with E-state index in [4.69, 9.17) is 5.10 Å². The van der Waals surface area contributed by atoms with E-state index >= 15 is 0 Å². The Labute approximate surface area is 119 Å². The maximum Gasteiger partial charge on any atom is 0.234 e. The van der Waals surface area contributed by atoms with Crippen molar-refractivity contribution in [2.45, 2.75) is 12.8 Å². The van der Waals surface area contributed by atoms with Gasteiger partial charge in [-0.1, -0.05) is 18.3 Å². The second-order valence-corrected chi connectivity index (χ2v) is 6.13. The summed E-state index contributed by atoms with van der Waals surface area (Å²) in [5.74, 6) is 1.85. The Balaban J connectivity index is 1.79. The van der Waals surface area contributed by atoms with Crippen LogP contribution in [0.5, 0.6) is 0 Å². The molecule has 0 unspecified atom stereocenters. The fraction of sp³-hybridized carbons (Fsp3) is 0.385. The lowest BCUT2D eigenvalue weighted by Crippen LogP contribution is -2.08. The van der Waals surface area contributed by atoms with Crippen molar-refractivity contribution in [2.24, 2.45) is 5.92 Å². The second kappa shape index (κ2) is 4.60. The molecule has 0 amide bonds. The average molecular weight is 286 g/mol. The highest BCUT2D eigenvalue weighted by Gasteiger charge is 2.28. The molecule has 1 fully saturated rings. The zero-order chi connectivity index (χ0) is 13.5. The highest BCUT2D eigenvalue weighted by atomic mass is 32.1. The molecule has 4 heterocycles. The normalized spacial score (nSPS) is 22.6. The molecule has 3 aromatic heterocycles. The smallest absolute Gasteiger partial charge is 0.234 e. The first kappa shape index (κ1) is 11.9. The number of pyridine rings is 1. The van der Waals surface area contributed by atoms with Crippen LogP contribution in [-0.2, 0) is 0 Å². The quantitative estimate of drug-likeness (QED) is 0.774. The first-order chi connectivity index (χ1) is 9.83. The van der Waals surface area contributed by atoms with E-state index in [1.54, 1.807) is 23.7 Å². The molecule has 1 aliphatic rings. The van der Waals surface area contributed by atoms with Crippen molar-refractivity contribution in [3.05, 3.63) is 29.5 Å². The molecule has 7 heteroatoms. The number of fused-ring (bicyclic) bond motifs is 1. The molecule has 3 aromatic rings. The lowest BCUT2D eigenvalue weighted by molar-refractivity contribution is 0.563. The van der Waals surface area contributed by atoms with Gasteiger partial charge >= 0.3 is 0 Å². The minimum Gasteiger partial charge on any atom is -0.316 e. The summed E-state index contributed by atoms with van der Waals surface area (Å²) in [4.78, 5) is 4.97. The number of aromatic nitrogens is 5. The minimum atomic E-state index is 0.475. The van der Waals surface area contributed by atoms with E-state index in [0.29, 0.717) is 11.8 Å². The number of hydrogen-bond acceptors (Lipinski definition) is 6. The Bertz CT molecular complexity index is 734. The van der Waals surface area contributed by atoms with Gasteiger partial charge in [-0.05, 0) is 24.6 Å². The first-order valence-corrected chi connectivity index (χ1v) is 7.48. The van der Waals surface area contributed by atoms with Gasteiger partial charge in [-0.15, -0.1) is 10.2 Å². The molecule has 6 nitrogen and oxygen atoms in total. The van der Waals surface area contributed by atoms with Crippen LogP contribution in [0, 0.1) is 5.92 Å². The first-order valence-electron chi connectivity index (χ1n) is 6.66. The summed E-state index contributed by atoms with van der Waals surface area (Å²) in [7, 11) is 0. The van der Waals surface area contributed by atoms with Crippen molar-refractivity contribution in [2.75, 3.05) is 13.1 Å². The summed E-state index contributed by atoms with van der Waals surface area (Å²) in [6.45, 7) is 4.31. The number of hydrogen-bond donors (Lipinski definition) is 1. The lowest BCUT2D eigenvalue weighted by Gasteiger charge is -2.08. The summed E-state index contributed by atoms with van der Waals surface area (Å²) in [6.07, 6.45) is 3.54. The molecular weight excluding hydrogens is 272 g/mol. The SMILES string of the molecule is C[C@@H]1CNC[C@H]1c1nn2c(-c3cccnc3)nnc2s1. The van der Waals surface area contributed by atoms with Crippen molar-refractivity contribution in [3.63, 3.8) is 0 Å². The molecule has 0 bridgehead atoms. The summed E-state index contributed by atoms with van der Waals surface area (Å²) in [5.41, 5.74) is 0.939. The van der Waals surface area contributed by atoms with Crippen LogP contribution in [0.4, 0.5) is 0 Å². The second-order valence-electron chi connectivity index (χ2n) is 5.14. The molecule has 0 spiro atoms. The van der Waals surface area contributed by atoms with Crippen LogP contribution < -0.4 is 5.32 Å². The number of nitrogens with zero attached hydrogens (tertiary/aromatic N) is 5. The van der Waals surface area contributed by atoms with E-state index in [1.165, 1.54) is 0 Å². The van der Waals surface area contributed by atoms with Gasteiger partial charge in [-0.2, -0.15) is 9.61 Å². The molecule has 2 atom stereocenters. The molecule has 4 rings (SSSR count). The maximum atomic E-state index is 4.72. The Morgan fingerprint density at radius 2 is 2.30 bits per heavy atom. The van der Waals surface area contributed by atoms with Crippen molar-refractivity contribution in [1.82, 2.24) is 30.1 Å². The Morgan fingerprint density at radius 1 is 1.35 bits per heavy atom. The lowest BCUT2D eigenvalue weighted by atomic mass is 9.99. The van der Waals surface area contributed by atoms with Gasteiger partial charge < -0.3 is 5.32 Å². The molecule has 102 valence electrons. The van der Waals surface area contributed by atoms with E-state index in [9.17, 15) is 0 Å². The van der Waals surface area contributed by atoms with E-state index in [2.05, 4.69) is 27.4 Å². The predicted octanol–water partition coefficient (Wildman–Crippen LogP) is 1.57. The van der Waals surface area contributed by atoms with Crippen LogP contribution in [0.1, 0.15) is 17.8 Å². The standard InChI is InChI=1S/C13H14N6S/c1-8-5-15-7-10(8)12-18-19-11(16-17-13(19)20-12)9-3-2-4-14-6-9/h2-4,6,8,10,15H,5,7H2,1H3/t8-,10-/m1/s1. The van der Waals surface area contributed by atoms with Crippen LogP contribution in [0.3, 0.4) is 0 Å². The summed E-state index contributed by atoms with van der Waals surface area (Å²) < 4.78 is 1.84. The van der Waals surface area contributed by atoms with Crippen LogP contribution in [0.15, 0.2) is 24.5 Å². The van der Waals surface area contributed by atoms with Crippen molar-refractivity contribution in [3.8, 4) is 11.4 Å². The molecule has 0 radical (unpaired) electrons. The average Bonchev–Trinajstić information content (AvgIpc) is 3.13. The van der Waals surface area contributed by atoms with Crippen molar-refractivity contribution >= 4 is 16.3 Å². The van der Waals surface area contributed by atoms with Gasteiger partial charge in [0.05, 0.1) is 0 Å². The monoisotopic (exact) mass is 286 g/mol. The van der Waals surface area contributed by atoms with Gasteiger partial charge in [0.25, 0.3) is 0 Å². The summed E-state index contributed by atoms with van der Waals surface area (Å²) >= 11 is 1.63. The Hall–Kier alpha value is -1.86. The summed E-state index contributed by atoms with van der Waals surface area (Å²) in [5, 5.41) is 17.7. The highest BCUT2D eigenvalue weighted by Crippen LogP contribution is 2.31. The number of nitrogens with one attached hydrogen (secondary N) is 1. The maximum absolute atomic E-state index is 4.72. The topological polar surface area (TPSA) is 68.0 Å². The third-order valence-electron chi connectivity index (χ3n) is 3.76. The van der Waals surface area contributed by atoms with Gasteiger partial charge in [0.2, 0.25) is 4.96 Å². The van der Waals surface area contributed by atoms with Gasteiger partial charge in [-0.3, -0.25) is 4.98 Å². The number of rotatable bonds is 2. The molecule has 0 aliphatic carbocycles. The molecule has 1 aliphatic heterocycles. The van der Waals surface area contributed by atoms with Gasteiger partial charge in [0.15, 0.2) is 5.82 Å². The summed E-state index contributed by atoms with van der Waals surface area (Å²) in [6, 6.07) is 3.87. The van der Waals surface area contributed by atoms with Crippen LogP contribution in [0.25, 0.3) is 16.3 Å². The molecule has 0 aromatic carbocycles. The third-order valence-corrected chi connectivity index (χ3v) is 4.79. The van der Waals surface area contributed by atoms with Crippen LogP contribution in [-0.4, -0.2) is 37.9 Å². The molecule has 0 saturated carbocycles. The Kier molecular flexibility index (Phi) is 2.75. The zero-order valence-electron chi connectivity index (χ0n) is 11.0. The van der Waals surface area contributed by atoms with Gasteiger partial charge in [0.1, 0.15) is 5.01 Å². The fourth-order valence-electron chi connectivity index (χ4n) is 2.60. The van der Waals surface area contributed by atoms with Gasteiger partial charge in [-0.25, -0.2) is 0 Å². The van der Waals surface area contributed by atoms with E-state index in [1.807, 2.05) is 16.6 Å². The van der Waals surface area contributed by atoms with Crippen LogP contribution >= 0.6 is 11.3 Å². The largest absolute Gasteiger partial charge is 0.316 e. The molecule has 1 saturated heterocycles. The van der Waals surface area contributed by atoms with E-state index in [0.717, 1.165) is 34.4 Å². The van der Waals surface area contributed by atoms with Crippen LogP contribution in [0.2, 0.25) is 0 Å². The molecular formula is C13H14N6S. The van der Waals surface area contributed by atoms with E-state index in [-0.39, 0.29) is 0 Å².